The lowest BCUT2D eigenvalue weighted by molar-refractivity contribution is 0.285. The molecule has 2 N–H and O–H groups in total. The number of anilines is 1. The van der Waals surface area contributed by atoms with Crippen LogP contribution < -0.4 is 4.72 Å². The second kappa shape index (κ2) is 5.20. The van der Waals surface area contributed by atoms with Gasteiger partial charge in [-0.25, -0.2) is 13.4 Å². The van der Waals surface area contributed by atoms with E-state index in [9.17, 15) is 8.42 Å². The summed E-state index contributed by atoms with van der Waals surface area (Å²) >= 11 is 2.58. The first-order valence-corrected chi connectivity index (χ1v) is 8.62. The lowest BCUT2D eigenvalue weighted by Gasteiger charge is -2.03. The first-order valence-electron chi connectivity index (χ1n) is 5.50. The van der Waals surface area contributed by atoms with Crippen LogP contribution in [0, 0.1) is 20.8 Å². The van der Waals surface area contributed by atoms with Crippen LogP contribution in [0.2, 0.25) is 0 Å². The Kier molecular flexibility index (Phi) is 3.95. The number of nitrogens with one attached hydrogen (secondary N) is 1. The predicted octanol–water partition coefficient (Wildman–Crippen LogP) is 2.42. The van der Waals surface area contributed by atoms with E-state index in [2.05, 4.69) is 9.71 Å². The molecule has 19 heavy (non-hydrogen) atoms. The molecule has 0 atom stereocenters. The number of aryl methyl sites for hydroxylation is 3. The molecule has 0 aromatic carbocycles. The molecule has 2 rings (SSSR count). The number of aromatic nitrogens is 1. The van der Waals surface area contributed by atoms with Crippen molar-refractivity contribution in [1.29, 1.82) is 0 Å². The van der Waals surface area contributed by atoms with E-state index in [1.54, 1.807) is 6.92 Å². The molecular formula is C11H14N2O3S3. The SMILES string of the molecule is Cc1nc(NS(=O)(=O)c2cc(CO)sc2C)sc1C. The fourth-order valence-electron chi connectivity index (χ4n) is 1.56. The normalized spacial score (nSPS) is 11.8. The Balaban J connectivity index is 2.34. The molecule has 0 bridgehead atoms. The van der Waals surface area contributed by atoms with E-state index in [-0.39, 0.29) is 11.5 Å². The van der Waals surface area contributed by atoms with Crippen LogP contribution in [0.1, 0.15) is 20.3 Å². The number of rotatable bonds is 4. The molecule has 0 saturated heterocycles. The number of aliphatic hydroxyl groups is 1. The van der Waals surface area contributed by atoms with Crippen LogP contribution in [0.25, 0.3) is 0 Å². The van der Waals surface area contributed by atoms with Crippen molar-refractivity contribution in [2.45, 2.75) is 32.3 Å². The quantitative estimate of drug-likeness (QED) is 0.907. The van der Waals surface area contributed by atoms with Gasteiger partial charge in [0.2, 0.25) is 0 Å². The largest absolute Gasteiger partial charge is 0.391 e. The van der Waals surface area contributed by atoms with Gasteiger partial charge in [-0.15, -0.1) is 22.7 Å². The average molecular weight is 318 g/mol. The molecule has 0 aliphatic heterocycles. The molecule has 2 aromatic rings. The Morgan fingerprint density at radius 2 is 1.95 bits per heavy atom. The van der Waals surface area contributed by atoms with Gasteiger partial charge in [-0.1, -0.05) is 0 Å². The van der Waals surface area contributed by atoms with Gasteiger partial charge in [0.05, 0.1) is 12.3 Å². The molecule has 2 aromatic heterocycles. The molecule has 8 heteroatoms. The summed E-state index contributed by atoms with van der Waals surface area (Å²) in [7, 11) is -3.64. The van der Waals surface area contributed by atoms with Gasteiger partial charge in [-0.05, 0) is 26.8 Å². The van der Waals surface area contributed by atoms with E-state index < -0.39 is 10.0 Å². The van der Waals surface area contributed by atoms with Crippen molar-refractivity contribution < 1.29 is 13.5 Å². The zero-order valence-corrected chi connectivity index (χ0v) is 13.2. The maximum atomic E-state index is 12.3. The zero-order valence-electron chi connectivity index (χ0n) is 10.7. The number of nitrogens with zero attached hydrogens (tertiary/aromatic N) is 1. The maximum Gasteiger partial charge on any atom is 0.264 e. The molecule has 5 nitrogen and oxygen atoms in total. The monoisotopic (exact) mass is 318 g/mol. The Hall–Kier alpha value is -0.960. The molecule has 0 amide bonds. The van der Waals surface area contributed by atoms with Crippen LogP contribution in [-0.4, -0.2) is 18.5 Å². The van der Waals surface area contributed by atoms with Crippen molar-refractivity contribution in [3.05, 3.63) is 26.4 Å². The topological polar surface area (TPSA) is 79.3 Å². The fraction of sp³-hybridized carbons (Fsp3) is 0.364. The summed E-state index contributed by atoms with van der Waals surface area (Å²) in [6.45, 7) is 5.29. The minimum atomic E-state index is -3.64. The van der Waals surface area contributed by atoms with Crippen LogP contribution >= 0.6 is 22.7 Å². The molecule has 0 unspecified atom stereocenters. The van der Waals surface area contributed by atoms with Gasteiger partial charge < -0.3 is 5.11 Å². The molecule has 104 valence electrons. The van der Waals surface area contributed by atoms with E-state index in [0.29, 0.717) is 14.9 Å². The van der Waals surface area contributed by atoms with Gasteiger partial charge in [0.1, 0.15) is 4.90 Å². The summed E-state index contributed by atoms with van der Waals surface area (Å²) in [5, 5.41) is 9.42. The minimum Gasteiger partial charge on any atom is -0.391 e. The van der Waals surface area contributed by atoms with Gasteiger partial charge >= 0.3 is 0 Å². The maximum absolute atomic E-state index is 12.3. The average Bonchev–Trinajstić information content (AvgIpc) is 2.83. The van der Waals surface area contributed by atoms with E-state index in [1.165, 1.54) is 28.7 Å². The number of sulfonamides is 1. The lowest BCUT2D eigenvalue weighted by Crippen LogP contribution is -2.12. The summed E-state index contributed by atoms with van der Waals surface area (Å²) in [6.07, 6.45) is 0. The van der Waals surface area contributed by atoms with E-state index in [1.807, 2.05) is 13.8 Å². The zero-order chi connectivity index (χ0) is 14.2. The Labute approximate surface area is 120 Å². The highest BCUT2D eigenvalue weighted by Gasteiger charge is 2.21. The summed E-state index contributed by atoms with van der Waals surface area (Å²) in [6, 6.07) is 1.50. The second-order valence-corrected chi connectivity index (χ2v) is 8.25. The Morgan fingerprint density at radius 3 is 2.42 bits per heavy atom. The first-order chi connectivity index (χ1) is 8.83. The van der Waals surface area contributed by atoms with Crippen LogP contribution in [0.5, 0.6) is 0 Å². The van der Waals surface area contributed by atoms with E-state index >= 15 is 0 Å². The van der Waals surface area contributed by atoms with Crippen LogP contribution in [0.4, 0.5) is 5.13 Å². The smallest absolute Gasteiger partial charge is 0.264 e. The lowest BCUT2D eigenvalue weighted by atomic mass is 10.4. The third kappa shape index (κ3) is 2.97. The summed E-state index contributed by atoms with van der Waals surface area (Å²) in [5.74, 6) is 0. The van der Waals surface area contributed by atoms with Crippen molar-refractivity contribution in [3.8, 4) is 0 Å². The van der Waals surface area contributed by atoms with Gasteiger partial charge in [-0.3, -0.25) is 4.72 Å². The summed E-state index contributed by atoms with van der Waals surface area (Å²) in [4.78, 5) is 6.63. The van der Waals surface area contributed by atoms with Gasteiger partial charge in [0, 0.05) is 14.6 Å². The third-order valence-corrected chi connectivity index (χ3v) is 6.37. The Bertz CT molecular complexity index is 681. The highest BCUT2D eigenvalue weighted by Crippen LogP contribution is 2.29. The Morgan fingerprint density at radius 1 is 1.26 bits per heavy atom. The molecule has 0 radical (unpaired) electrons. The molecule has 0 saturated carbocycles. The van der Waals surface area contributed by atoms with Crippen molar-refractivity contribution in [3.63, 3.8) is 0 Å². The number of thiazole rings is 1. The van der Waals surface area contributed by atoms with E-state index in [0.717, 1.165) is 10.6 Å². The van der Waals surface area contributed by atoms with Crippen LogP contribution in [0.15, 0.2) is 11.0 Å². The summed E-state index contributed by atoms with van der Waals surface area (Å²) < 4.78 is 27.0. The minimum absolute atomic E-state index is 0.156. The molecular weight excluding hydrogens is 304 g/mol. The molecule has 0 aliphatic carbocycles. The molecule has 2 heterocycles. The summed E-state index contributed by atoms with van der Waals surface area (Å²) in [5.41, 5.74) is 0.820. The van der Waals surface area contributed by atoms with Crippen LogP contribution in [0.3, 0.4) is 0 Å². The standard InChI is InChI=1S/C11H14N2O3S3/c1-6-7(2)18-11(12-6)13-19(15,16)10-4-9(5-14)17-8(10)3/h4,14H,5H2,1-3H3,(H,12,13). The van der Waals surface area contributed by atoms with E-state index in [4.69, 9.17) is 5.11 Å². The van der Waals surface area contributed by atoms with Crippen molar-refractivity contribution in [2.75, 3.05) is 4.72 Å². The van der Waals surface area contributed by atoms with Gasteiger partial charge in [0.15, 0.2) is 5.13 Å². The fourth-order valence-corrected chi connectivity index (χ4v) is 5.10. The number of aliphatic hydroxyl groups excluding tert-OH is 1. The second-order valence-electron chi connectivity index (χ2n) is 4.06. The van der Waals surface area contributed by atoms with Gasteiger partial charge in [-0.2, -0.15) is 0 Å². The van der Waals surface area contributed by atoms with Crippen molar-refractivity contribution >= 4 is 37.8 Å². The first kappa shape index (κ1) is 14.4. The number of hydrogen-bond donors (Lipinski definition) is 2. The number of hydrogen-bond acceptors (Lipinski definition) is 6. The van der Waals surface area contributed by atoms with Crippen molar-refractivity contribution in [1.82, 2.24) is 4.98 Å². The molecule has 0 fully saturated rings. The molecule has 0 spiro atoms. The van der Waals surface area contributed by atoms with Crippen LogP contribution in [-0.2, 0) is 16.6 Å². The van der Waals surface area contributed by atoms with Crippen molar-refractivity contribution in [2.24, 2.45) is 0 Å². The highest BCUT2D eigenvalue weighted by molar-refractivity contribution is 7.93. The third-order valence-electron chi connectivity index (χ3n) is 2.62. The number of thiophene rings is 1. The predicted molar refractivity (Wildman–Crippen MR) is 77.4 cm³/mol. The molecule has 0 aliphatic rings. The van der Waals surface area contributed by atoms with Gasteiger partial charge in [0.25, 0.3) is 10.0 Å². The highest BCUT2D eigenvalue weighted by atomic mass is 32.2.